The van der Waals surface area contributed by atoms with E-state index in [4.69, 9.17) is 5.26 Å². The zero-order valence-corrected chi connectivity index (χ0v) is 7.51. The lowest BCUT2D eigenvalue weighted by atomic mass is 9.82. The van der Waals surface area contributed by atoms with Crippen LogP contribution in [0.3, 0.4) is 0 Å². The van der Waals surface area contributed by atoms with Crippen molar-refractivity contribution in [3.05, 3.63) is 0 Å². The molecule has 0 aromatic rings. The minimum Gasteiger partial charge on any atom is -0.251 e. The van der Waals surface area contributed by atoms with Crippen molar-refractivity contribution in [1.82, 2.24) is 0 Å². The quantitative estimate of drug-likeness (QED) is 0.489. The van der Waals surface area contributed by atoms with Gasteiger partial charge in [-0.05, 0) is 18.8 Å². The number of hydrogen-bond acceptors (Lipinski definition) is 2. The predicted molar refractivity (Wildman–Crippen MR) is 41.8 cm³/mol. The standard InChI is InChI=1S/C8H18O2/c1-6(2)8(5,10-9)7(3)4/h6-7,9H,1-5H3. The van der Waals surface area contributed by atoms with E-state index in [1.54, 1.807) is 0 Å². The molecule has 0 fully saturated rings. The zero-order valence-electron chi connectivity index (χ0n) is 7.51. The second-order valence-corrected chi connectivity index (χ2v) is 3.58. The molecule has 0 aliphatic carbocycles. The third-order valence-corrected chi connectivity index (χ3v) is 2.49. The molecule has 0 amide bonds. The first kappa shape index (κ1) is 9.92. The molecule has 0 rings (SSSR count). The van der Waals surface area contributed by atoms with Gasteiger partial charge in [0.15, 0.2) is 0 Å². The Balaban J connectivity index is 4.23. The largest absolute Gasteiger partial charge is 0.251 e. The minimum absolute atomic E-state index is 0.331. The molecule has 0 aliphatic rings. The van der Waals surface area contributed by atoms with Crippen LogP contribution in [-0.2, 0) is 4.89 Å². The van der Waals surface area contributed by atoms with E-state index < -0.39 is 5.60 Å². The Morgan fingerprint density at radius 1 is 1.10 bits per heavy atom. The highest BCUT2D eigenvalue weighted by atomic mass is 17.1. The summed E-state index contributed by atoms with van der Waals surface area (Å²) >= 11 is 0. The van der Waals surface area contributed by atoms with Crippen molar-refractivity contribution < 1.29 is 10.1 Å². The van der Waals surface area contributed by atoms with Gasteiger partial charge in [-0.3, -0.25) is 5.26 Å². The Morgan fingerprint density at radius 2 is 1.40 bits per heavy atom. The topological polar surface area (TPSA) is 29.5 Å². The van der Waals surface area contributed by atoms with Crippen LogP contribution in [-0.4, -0.2) is 10.9 Å². The Bertz CT molecular complexity index is 89.4. The van der Waals surface area contributed by atoms with Crippen LogP contribution in [0.4, 0.5) is 0 Å². The van der Waals surface area contributed by atoms with Crippen molar-refractivity contribution in [1.29, 1.82) is 0 Å². The monoisotopic (exact) mass is 146 g/mol. The van der Waals surface area contributed by atoms with Gasteiger partial charge in [-0.1, -0.05) is 27.7 Å². The summed E-state index contributed by atoms with van der Waals surface area (Å²) in [7, 11) is 0. The molecule has 0 saturated heterocycles. The molecule has 62 valence electrons. The summed E-state index contributed by atoms with van der Waals surface area (Å²) in [5.74, 6) is 0.662. The second-order valence-electron chi connectivity index (χ2n) is 3.58. The third-order valence-electron chi connectivity index (χ3n) is 2.49. The SMILES string of the molecule is CC(C)C(C)(OO)C(C)C. The molecule has 0 heterocycles. The van der Waals surface area contributed by atoms with Gasteiger partial charge in [0, 0.05) is 0 Å². The van der Waals surface area contributed by atoms with Crippen LogP contribution in [0.2, 0.25) is 0 Å². The fourth-order valence-electron chi connectivity index (χ4n) is 0.877. The maximum absolute atomic E-state index is 8.63. The summed E-state index contributed by atoms with van der Waals surface area (Å²) < 4.78 is 0. The van der Waals surface area contributed by atoms with Gasteiger partial charge in [-0.15, -0.1) is 0 Å². The Kier molecular flexibility index (Phi) is 3.33. The predicted octanol–water partition coefficient (Wildman–Crippen LogP) is 2.55. The zero-order chi connectivity index (χ0) is 8.36. The molecule has 0 radical (unpaired) electrons. The molecular weight excluding hydrogens is 128 g/mol. The normalized spacial score (nSPS) is 13.2. The maximum atomic E-state index is 8.63. The summed E-state index contributed by atoms with van der Waals surface area (Å²) in [6, 6.07) is 0. The molecule has 0 aliphatic heterocycles. The average molecular weight is 146 g/mol. The van der Waals surface area contributed by atoms with Crippen molar-refractivity contribution in [2.45, 2.75) is 40.2 Å². The first-order valence-electron chi connectivity index (χ1n) is 3.77. The summed E-state index contributed by atoms with van der Waals surface area (Å²) in [5.41, 5.74) is -0.403. The molecule has 0 spiro atoms. The molecule has 0 saturated carbocycles. The minimum atomic E-state index is -0.403. The van der Waals surface area contributed by atoms with Gasteiger partial charge in [0.1, 0.15) is 5.60 Å². The molecule has 0 atom stereocenters. The van der Waals surface area contributed by atoms with E-state index in [1.807, 2.05) is 34.6 Å². The van der Waals surface area contributed by atoms with Crippen LogP contribution in [0.25, 0.3) is 0 Å². The van der Waals surface area contributed by atoms with E-state index in [2.05, 4.69) is 4.89 Å². The van der Waals surface area contributed by atoms with Gasteiger partial charge in [0.05, 0.1) is 0 Å². The van der Waals surface area contributed by atoms with Gasteiger partial charge in [-0.2, -0.15) is 0 Å². The van der Waals surface area contributed by atoms with Crippen molar-refractivity contribution in [2.75, 3.05) is 0 Å². The Hall–Kier alpha value is -0.0800. The lowest BCUT2D eigenvalue weighted by Gasteiger charge is -2.33. The fraction of sp³-hybridized carbons (Fsp3) is 1.00. The van der Waals surface area contributed by atoms with E-state index in [0.717, 1.165) is 0 Å². The molecule has 1 N–H and O–H groups in total. The highest BCUT2D eigenvalue weighted by Crippen LogP contribution is 2.28. The van der Waals surface area contributed by atoms with Crippen molar-refractivity contribution in [2.24, 2.45) is 11.8 Å². The highest BCUT2D eigenvalue weighted by molar-refractivity contribution is 4.80. The van der Waals surface area contributed by atoms with Crippen molar-refractivity contribution in [3.8, 4) is 0 Å². The van der Waals surface area contributed by atoms with Gasteiger partial charge >= 0.3 is 0 Å². The van der Waals surface area contributed by atoms with Crippen LogP contribution in [0.1, 0.15) is 34.6 Å². The molecule has 0 bridgehead atoms. The van der Waals surface area contributed by atoms with Crippen LogP contribution >= 0.6 is 0 Å². The smallest absolute Gasteiger partial charge is 0.105 e. The molecular formula is C8H18O2. The van der Waals surface area contributed by atoms with E-state index in [1.165, 1.54) is 0 Å². The van der Waals surface area contributed by atoms with Crippen molar-refractivity contribution in [3.63, 3.8) is 0 Å². The van der Waals surface area contributed by atoms with Crippen LogP contribution in [0.5, 0.6) is 0 Å². The molecule has 0 aromatic carbocycles. The molecule has 2 nitrogen and oxygen atoms in total. The molecule has 10 heavy (non-hydrogen) atoms. The van der Waals surface area contributed by atoms with Crippen LogP contribution < -0.4 is 0 Å². The Morgan fingerprint density at radius 3 is 1.40 bits per heavy atom. The number of hydrogen-bond donors (Lipinski definition) is 1. The van der Waals surface area contributed by atoms with Crippen LogP contribution in [0.15, 0.2) is 0 Å². The van der Waals surface area contributed by atoms with E-state index in [0.29, 0.717) is 11.8 Å². The lowest BCUT2D eigenvalue weighted by Crippen LogP contribution is -2.39. The highest BCUT2D eigenvalue weighted by Gasteiger charge is 2.33. The average Bonchev–Trinajstić information content (AvgIpc) is 1.85. The number of rotatable bonds is 3. The first-order valence-corrected chi connectivity index (χ1v) is 3.77. The first-order chi connectivity index (χ1) is 4.45. The molecule has 0 aromatic heterocycles. The maximum Gasteiger partial charge on any atom is 0.105 e. The van der Waals surface area contributed by atoms with E-state index >= 15 is 0 Å². The van der Waals surface area contributed by atoms with Gasteiger partial charge < -0.3 is 0 Å². The Labute approximate surface area is 63.1 Å². The fourth-order valence-corrected chi connectivity index (χ4v) is 0.877. The van der Waals surface area contributed by atoms with Gasteiger partial charge in [0.2, 0.25) is 0 Å². The second kappa shape index (κ2) is 3.35. The lowest BCUT2D eigenvalue weighted by molar-refractivity contribution is -0.341. The van der Waals surface area contributed by atoms with Crippen molar-refractivity contribution >= 4 is 0 Å². The molecule has 2 heteroatoms. The van der Waals surface area contributed by atoms with E-state index in [-0.39, 0.29) is 0 Å². The van der Waals surface area contributed by atoms with Gasteiger partial charge in [0.25, 0.3) is 0 Å². The van der Waals surface area contributed by atoms with E-state index in [9.17, 15) is 0 Å². The van der Waals surface area contributed by atoms with Gasteiger partial charge in [-0.25, -0.2) is 4.89 Å². The summed E-state index contributed by atoms with van der Waals surface area (Å²) in [6.07, 6.45) is 0. The summed E-state index contributed by atoms with van der Waals surface area (Å²) in [6.45, 7) is 10.1. The molecule has 0 unspecified atom stereocenters. The third kappa shape index (κ3) is 1.70. The van der Waals surface area contributed by atoms with Crippen LogP contribution in [0, 0.1) is 11.8 Å². The summed E-state index contributed by atoms with van der Waals surface area (Å²) in [4.78, 5) is 4.46. The summed E-state index contributed by atoms with van der Waals surface area (Å²) in [5, 5.41) is 8.63.